The molecule has 108 valence electrons. The molecule has 1 N–H and O–H groups in total. The number of anilines is 1. The third-order valence-electron chi connectivity index (χ3n) is 6.20. The second kappa shape index (κ2) is 4.19. The van der Waals surface area contributed by atoms with Crippen LogP contribution < -0.4 is 5.32 Å². The van der Waals surface area contributed by atoms with Gasteiger partial charge in [0.1, 0.15) is 0 Å². The molecule has 0 bridgehead atoms. The fraction of sp³-hybridized carbons (Fsp3) is 0.474. The Morgan fingerprint density at radius 1 is 1.14 bits per heavy atom. The fourth-order valence-electron chi connectivity index (χ4n) is 5.25. The van der Waals surface area contributed by atoms with Crippen LogP contribution in [0.25, 0.3) is 0 Å². The first kappa shape index (κ1) is 12.4. The van der Waals surface area contributed by atoms with Crippen molar-refractivity contribution >= 4 is 17.4 Å². The average molecular weight is 295 g/mol. The van der Waals surface area contributed by atoms with Crippen molar-refractivity contribution in [1.29, 1.82) is 0 Å². The van der Waals surface area contributed by atoms with Crippen molar-refractivity contribution in [3.8, 4) is 0 Å². The van der Waals surface area contributed by atoms with Gasteiger partial charge in [-0.2, -0.15) is 0 Å². The van der Waals surface area contributed by atoms with Gasteiger partial charge in [0, 0.05) is 27.6 Å². The first-order valence-corrected chi connectivity index (χ1v) is 9.03. The maximum Gasteiger partial charge on any atom is 0.0478 e. The molecular weight excluding hydrogens is 274 g/mol. The van der Waals surface area contributed by atoms with Gasteiger partial charge in [0.25, 0.3) is 0 Å². The highest BCUT2D eigenvalue weighted by Gasteiger charge is 2.59. The van der Waals surface area contributed by atoms with Crippen LogP contribution in [0, 0.1) is 11.8 Å². The van der Waals surface area contributed by atoms with Gasteiger partial charge < -0.3 is 5.32 Å². The van der Waals surface area contributed by atoms with Crippen LogP contribution in [0.15, 0.2) is 48.6 Å². The number of hydrogen-bond donors (Lipinski definition) is 1. The molecule has 1 nitrogen and oxygen atoms in total. The molecule has 21 heavy (non-hydrogen) atoms. The molecule has 2 aliphatic heterocycles. The topological polar surface area (TPSA) is 12.0 Å². The highest BCUT2D eigenvalue weighted by molar-refractivity contribution is 8.01. The zero-order valence-corrected chi connectivity index (χ0v) is 13.1. The van der Waals surface area contributed by atoms with Gasteiger partial charge >= 0.3 is 0 Å². The molecule has 0 spiro atoms. The number of fused-ring (bicyclic) bond motifs is 7. The van der Waals surface area contributed by atoms with E-state index < -0.39 is 0 Å². The van der Waals surface area contributed by atoms with Crippen LogP contribution in [0.2, 0.25) is 0 Å². The lowest BCUT2D eigenvalue weighted by Gasteiger charge is -2.45. The van der Waals surface area contributed by atoms with E-state index in [2.05, 4.69) is 72.6 Å². The van der Waals surface area contributed by atoms with Crippen LogP contribution in [-0.4, -0.2) is 16.0 Å². The molecule has 2 heteroatoms. The van der Waals surface area contributed by atoms with Crippen LogP contribution in [0.5, 0.6) is 0 Å². The molecule has 1 aromatic rings. The molecule has 0 aromatic heterocycles. The fourth-order valence-corrected chi connectivity index (χ4v) is 7.27. The summed E-state index contributed by atoms with van der Waals surface area (Å²) in [5.41, 5.74) is 2.94. The molecule has 2 heterocycles. The van der Waals surface area contributed by atoms with Crippen molar-refractivity contribution in [2.24, 2.45) is 11.8 Å². The number of thioether (sulfide) groups is 1. The van der Waals surface area contributed by atoms with Gasteiger partial charge in [0.05, 0.1) is 0 Å². The summed E-state index contributed by atoms with van der Waals surface area (Å²) < 4.78 is 0.357. The minimum atomic E-state index is 0.357. The number of hydrogen-bond acceptors (Lipinski definition) is 2. The van der Waals surface area contributed by atoms with E-state index in [1.807, 2.05) is 0 Å². The van der Waals surface area contributed by atoms with Gasteiger partial charge in [-0.1, -0.05) is 42.5 Å². The van der Waals surface area contributed by atoms with Gasteiger partial charge in [-0.15, -0.1) is 11.8 Å². The number of allylic oxidation sites excluding steroid dienone is 3. The van der Waals surface area contributed by atoms with Gasteiger partial charge in [-0.3, -0.25) is 0 Å². The van der Waals surface area contributed by atoms with Crippen molar-refractivity contribution in [3.05, 3.63) is 54.1 Å². The third-order valence-corrected chi connectivity index (χ3v) is 8.00. The summed E-state index contributed by atoms with van der Waals surface area (Å²) in [6.07, 6.45) is 12.1. The predicted molar refractivity (Wildman–Crippen MR) is 90.9 cm³/mol. The number of para-hydroxylation sites is 1. The smallest absolute Gasteiger partial charge is 0.0478 e. The maximum atomic E-state index is 3.89. The molecule has 1 saturated carbocycles. The summed E-state index contributed by atoms with van der Waals surface area (Å²) in [6, 6.07) is 9.56. The van der Waals surface area contributed by atoms with E-state index in [-0.39, 0.29) is 0 Å². The zero-order chi connectivity index (χ0) is 14.0. The molecule has 6 atom stereocenters. The molecule has 1 saturated heterocycles. The van der Waals surface area contributed by atoms with Crippen molar-refractivity contribution in [1.82, 2.24) is 0 Å². The standard InChI is InChI=1S/C19H21NS/c1-19-15(14-7-3-5-9-17(14)21-19)11-10-13-12-6-2-4-8-16(12)20-18(13)19/h2-9,13-15,17-18,20H,10-11H2,1H3. The lowest BCUT2D eigenvalue weighted by atomic mass is 9.65. The van der Waals surface area contributed by atoms with Crippen molar-refractivity contribution in [2.75, 3.05) is 5.32 Å². The second-order valence-electron chi connectivity index (χ2n) is 7.11. The van der Waals surface area contributed by atoms with E-state index in [0.717, 1.165) is 11.8 Å². The van der Waals surface area contributed by atoms with Crippen LogP contribution in [-0.2, 0) is 0 Å². The Labute approximate surface area is 130 Å². The first-order chi connectivity index (χ1) is 10.3. The Morgan fingerprint density at radius 3 is 2.95 bits per heavy atom. The van der Waals surface area contributed by atoms with Crippen LogP contribution >= 0.6 is 11.8 Å². The first-order valence-electron chi connectivity index (χ1n) is 8.16. The predicted octanol–water partition coefficient (Wildman–Crippen LogP) is 4.59. The van der Waals surface area contributed by atoms with E-state index in [4.69, 9.17) is 0 Å². The lowest BCUT2D eigenvalue weighted by Crippen LogP contribution is -2.50. The molecule has 0 amide bonds. The number of benzene rings is 1. The molecule has 4 aliphatic rings. The molecule has 5 rings (SSSR count). The summed E-state index contributed by atoms with van der Waals surface area (Å²) in [5, 5.41) is 4.58. The summed E-state index contributed by atoms with van der Waals surface area (Å²) in [4.78, 5) is 0. The number of nitrogens with one attached hydrogen (secondary N) is 1. The Bertz CT molecular complexity index is 649. The minimum absolute atomic E-state index is 0.357. The van der Waals surface area contributed by atoms with Crippen LogP contribution in [0.3, 0.4) is 0 Å². The quantitative estimate of drug-likeness (QED) is 0.751. The van der Waals surface area contributed by atoms with Gasteiger partial charge in [-0.05, 0) is 43.2 Å². The Kier molecular flexibility index (Phi) is 2.48. The molecule has 6 unspecified atom stereocenters. The van der Waals surface area contributed by atoms with Crippen LogP contribution in [0.4, 0.5) is 5.69 Å². The zero-order valence-electron chi connectivity index (χ0n) is 12.3. The van der Waals surface area contributed by atoms with E-state index >= 15 is 0 Å². The SMILES string of the molecule is CC12SC3C=CC=CC3C1CCC1c3ccccc3NC12. The second-order valence-corrected chi connectivity index (χ2v) is 8.77. The summed E-state index contributed by atoms with van der Waals surface area (Å²) >= 11 is 2.23. The van der Waals surface area contributed by atoms with Crippen molar-refractivity contribution < 1.29 is 0 Å². The normalized spacial score (nSPS) is 45.5. The maximum absolute atomic E-state index is 3.89. The molecule has 1 aromatic carbocycles. The van der Waals surface area contributed by atoms with E-state index in [1.165, 1.54) is 18.5 Å². The monoisotopic (exact) mass is 295 g/mol. The van der Waals surface area contributed by atoms with Gasteiger partial charge in [-0.25, -0.2) is 0 Å². The molecular formula is C19H21NS. The number of rotatable bonds is 0. The lowest BCUT2D eigenvalue weighted by molar-refractivity contribution is 0.222. The molecule has 0 radical (unpaired) electrons. The minimum Gasteiger partial charge on any atom is -0.380 e. The summed E-state index contributed by atoms with van der Waals surface area (Å²) in [7, 11) is 0. The molecule has 2 aliphatic carbocycles. The molecule has 2 fully saturated rings. The van der Waals surface area contributed by atoms with Crippen LogP contribution in [0.1, 0.15) is 31.2 Å². The highest BCUT2D eigenvalue weighted by atomic mass is 32.2. The van der Waals surface area contributed by atoms with Gasteiger partial charge in [0.2, 0.25) is 0 Å². The van der Waals surface area contributed by atoms with E-state index in [9.17, 15) is 0 Å². The largest absolute Gasteiger partial charge is 0.380 e. The average Bonchev–Trinajstić information content (AvgIpc) is 3.02. The van der Waals surface area contributed by atoms with Crippen molar-refractivity contribution in [2.45, 2.75) is 41.7 Å². The highest BCUT2D eigenvalue weighted by Crippen LogP contribution is 2.63. The summed E-state index contributed by atoms with van der Waals surface area (Å²) in [5.74, 6) is 2.27. The Balaban J connectivity index is 1.56. The Hall–Kier alpha value is -1.15. The van der Waals surface area contributed by atoms with Gasteiger partial charge in [0.15, 0.2) is 0 Å². The van der Waals surface area contributed by atoms with E-state index in [0.29, 0.717) is 22.0 Å². The summed E-state index contributed by atoms with van der Waals surface area (Å²) in [6.45, 7) is 2.53. The van der Waals surface area contributed by atoms with Crippen molar-refractivity contribution in [3.63, 3.8) is 0 Å². The van der Waals surface area contributed by atoms with E-state index in [1.54, 1.807) is 5.56 Å². The Morgan fingerprint density at radius 2 is 2.00 bits per heavy atom. The third kappa shape index (κ3) is 1.55.